The summed E-state index contributed by atoms with van der Waals surface area (Å²) in [7, 11) is 2.19. The van der Waals surface area contributed by atoms with Crippen molar-refractivity contribution >= 4 is 0 Å². The first-order chi connectivity index (χ1) is 7.74. The Labute approximate surface area is 98.8 Å². The van der Waals surface area contributed by atoms with E-state index in [-0.39, 0.29) is 6.10 Å². The van der Waals surface area contributed by atoms with Crippen molar-refractivity contribution < 1.29 is 9.84 Å². The summed E-state index contributed by atoms with van der Waals surface area (Å²) in [6.45, 7) is 3.30. The van der Waals surface area contributed by atoms with E-state index in [1.54, 1.807) is 0 Å². The molecule has 1 N–H and O–H groups in total. The standard InChI is InChI=1S/C13H25NO2/c1-14(10-11-8-12(15)9-11)6-2-4-13-5-3-7-16-13/h11-13,15H,2-10H2,1H3. The van der Waals surface area contributed by atoms with Gasteiger partial charge in [0.1, 0.15) is 0 Å². The molecule has 1 unspecified atom stereocenters. The van der Waals surface area contributed by atoms with Gasteiger partial charge in [0, 0.05) is 13.2 Å². The van der Waals surface area contributed by atoms with E-state index in [1.807, 2.05) is 0 Å². The Morgan fingerprint density at radius 1 is 1.38 bits per heavy atom. The second-order valence-electron chi connectivity index (χ2n) is 5.53. The number of hydrogen-bond acceptors (Lipinski definition) is 3. The van der Waals surface area contributed by atoms with E-state index >= 15 is 0 Å². The summed E-state index contributed by atoms with van der Waals surface area (Å²) in [5.74, 6) is 0.739. The van der Waals surface area contributed by atoms with E-state index in [2.05, 4.69) is 11.9 Å². The maximum Gasteiger partial charge on any atom is 0.0576 e. The summed E-state index contributed by atoms with van der Waals surface area (Å²) in [6, 6.07) is 0. The zero-order chi connectivity index (χ0) is 11.4. The highest BCUT2D eigenvalue weighted by Gasteiger charge is 2.27. The van der Waals surface area contributed by atoms with Gasteiger partial charge in [0.2, 0.25) is 0 Å². The van der Waals surface area contributed by atoms with Gasteiger partial charge in [0.25, 0.3) is 0 Å². The molecule has 1 atom stereocenters. The minimum Gasteiger partial charge on any atom is -0.393 e. The number of aliphatic hydroxyl groups is 1. The van der Waals surface area contributed by atoms with Gasteiger partial charge in [-0.2, -0.15) is 0 Å². The van der Waals surface area contributed by atoms with E-state index in [0.29, 0.717) is 6.10 Å². The van der Waals surface area contributed by atoms with Crippen LogP contribution in [0.3, 0.4) is 0 Å². The van der Waals surface area contributed by atoms with Gasteiger partial charge >= 0.3 is 0 Å². The van der Waals surface area contributed by atoms with Gasteiger partial charge in [0.05, 0.1) is 12.2 Å². The van der Waals surface area contributed by atoms with Crippen LogP contribution in [0.4, 0.5) is 0 Å². The van der Waals surface area contributed by atoms with Crippen LogP contribution in [0.15, 0.2) is 0 Å². The number of aliphatic hydroxyl groups excluding tert-OH is 1. The van der Waals surface area contributed by atoms with Gasteiger partial charge in [0.15, 0.2) is 0 Å². The molecule has 1 aliphatic carbocycles. The maximum absolute atomic E-state index is 9.22. The van der Waals surface area contributed by atoms with Crippen LogP contribution in [0.1, 0.15) is 38.5 Å². The first kappa shape index (κ1) is 12.3. The fourth-order valence-corrected chi connectivity index (χ4v) is 2.84. The lowest BCUT2D eigenvalue weighted by Gasteiger charge is -2.34. The SMILES string of the molecule is CN(CCCC1CCCO1)CC1CC(O)C1. The number of ether oxygens (including phenoxy) is 1. The van der Waals surface area contributed by atoms with E-state index in [1.165, 1.54) is 32.2 Å². The van der Waals surface area contributed by atoms with Crippen LogP contribution in [0, 0.1) is 5.92 Å². The molecule has 0 spiro atoms. The van der Waals surface area contributed by atoms with Crippen molar-refractivity contribution in [1.82, 2.24) is 4.90 Å². The molecule has 1 aliphatic heterocycles. The highest BCUT2D eigenvalue weighted by atomic mass is 16.5. The van der Waals surface area contributed by atoms with Crippen LogP contribution < -0.4 is 0 Å². The lowest BCUT2D eigenvalue weighted by Crippen LogP contribution is -2.37. The summed E-state index contributed by atoms with van der Waals surface area (Å²) < 4.78 is 5.61. The number of rotatable bonds is 6. The molecule has 0 radical (unpaired) electrons. The van der Waals surface area contributed by atoms with Gasteiger partial charge in [-0.15, -0.1) is 0 Å². The molecule has 0 aromatic rings. The molecule has 2 fully saturated rings. The zero-order valence-electron chi connectivity index (χ0n) is 10.4. The molecule has 3 heteroatoms. The number of nitrogens with zero attached hydrogens (tertiary/aromatic N) is 1. The number of hydrogen-bond donors (Lipinski definition) is 1. The Morgan fingerprint density at radius 2 is 2.19 bits per heavy atom. The third kappa shape index (κ3) is 3.72. The first-order valence-electron chi connectivity index (χ1n) is 6.72. The normalized spacial score (nSPS) is 34.3. The summed E-state index contributed by atoms with van der Waals surface area (Å²) in [4.78, 5) is 2.41. The second kappa shape index (κ2) is 5.99. The van der Waals surface area contributed by atoms with Crippen molar-refractivity contribution in [3.63, 3.8) is 0 Å². The Bertz CT molecular complexity index is 198. The lowest BCUT2D eigenvalue weighted by molar-refractivity contribution is 0.0275. The van der Waals surface area contributed by atoms with Gasteiger partial charge < -0.3 is 14.7 Å². The molecule has 0 aromatic carbocycles. The molecule has 94 valence electrons. The van der Waals surface area contributed by atoms with E-state index in [0.717, 1.165) is 31.9 Å². The van der Waals surface area contributed by atoms with Crippen LogP contribution in [0.5, 0.6) is 0 Å². The van der Waals surface area contributed by atoms with E-state index in [9.17, 15) is 5.11 Å². The van der Waals surface area contributed by atoms with Crippen molar-refractivity contribution in [2.45, 2.75) is 50.7 Å². The first-order valence-corrected chi connectivity index (χ1v) is 6.72. The van der Waals surface area contributed by atoms with Crippen LogP contribution in [0.25, 0.3) is 0 Å². The minimum atomic E-state index is -0.00899. The molecule has 1 heterocycles. The average Bonchev–Trinajstić information content (AvgIpc) is 2.68. The highest BCUT2D eigenvalue weighted by molar-refractivity contribution is 4.80. The molecular weight excluding hydrogens is 202 g/mol. The molecule has 2 rings (SSSR count). The molecule has 1 saturated carbocycles. The van der Waals surface area contributed by atoms with Crippen LogP contribution in [-0.2, 0) is 4.74 Å². The topological polar surface area (TPSA) is 32.7 Å². The average molecular weight is 227 g/mol. The van der Waals surface area contributed by atoms with Crippen LogP contribution >= 0.6 is 0 Å². The Kier molecular flexibility index (Phi) is 4.62. The fraction of sp³-hybridized carbons (Fsp3) is 1.00. The molecule has 3 nitrogen and oxygen atoms in total. The van der Waals surface area contributed by atoms with Gasteiger partial charge in [-0.05, 0) is 58.0 Å². The predicted molar refractivity (Wildman–Crippen MR) is 64.4 cm³/mol. The largest absolute Gasteiger partial charge is 0.393 e. The summed E-state index contributed by atoms with van der Waals surface area (Å²) in [5.41, 5.74) is 0. The summed E-state index contributed by atoms with van der Waals surface area (Å²) in [6.07, 6.45) is 7.53. The summed E-state index contributed by atoms with van der Waals surface area (Å²) >= 11 is 0. The molecule has 2 aliphatic rings. The highest BCUT2D eigenvalue weighted by Crippen LogP contribution is 2.27. The van der Waals surface area contributed by atoms with Crippen LogP contribution in [-0.4, -0.2) is 49.0 Å². The van der Waals surface area contributed by atoms with E-state index < -0.39 is 0 Å². The molecular formula is C13H25NO2. The van der Waals surface area contributed by atoms with Crippen molar-refractivity contribution in [3.8, 4) is 0 Å². The third-order valence-electron chi connectivity index (χ3n) is 3.87. The Morgan fingerprint density at radius 3 is 2.81 bits per heavy atom. The van der Waals surface area contributed by atoms with E-state index in [4.69, 9.17) is 4.74 Å². The van der Waals surface area contributed by atoms with Gasteiger partial charge in [-0.25, -0.2) is 0 Å². The minimum absolute atomic E-state index is 0.00899. The zero-order valence-corrected chi connectivity index (χ0v) is 10.4. The molecule has 0 bridgehead atoms. The quantitative estimate of drug-likeness (QED) is 0.749. The second-order valence-corrected chi connectivity index (χ2v) is 5.53. The summed E-state index contributed by atoms with van der Waals surface area (Å²) in [5, 5.41) is 9.22. The van der Waals surface area contributed by atoms with Gasteiger partial charge in [-0.1, -0.05) is 0 Å². The van der Waals surface area contributed by atoms with Crippen molar-refractivity contribution in [2.24, 2.45) is 5.92 Å². The monoisotopic (exact) mass is 227 g/mol. The van der Waals surface area contributed by atoms with Gasteiger partial charge in [-0.3, -0.25) is 0 Å². The molecule has 1 saturated heterocycles. The van der Waals surface area contributed by atoms with Crippen molar-refractivity contribution in [1.29, 1.82) is 0 Å². The van der Waals surface area contributed by atoms with Crippen molar-refractivity contribution in [2.75, 3.05) is 26.7 Å². The fourth-order valence-electron chi connectivity index (χ4n) is 2.84. The van der Waals surface area contributed by atoms with Crippen LogP contribution in [0.2, 0.25) is 0 Å². The smallest absolute Gasteiger partial charge is 0.0576 e. The maximum atomic E-state index is 9.22. The third-order valence-corrected chi connectivity index (χ3v) is 3.87. The molecule has 16 heavy (non-hydrogen) atoms. The van der Waals surface area contributed by atoms with Crippen molar-refractivity contribution in [3.05, 3.63) is 0 Å². The molecule has 0 aromatic heterocycles. The molecule has 0 amide bonds. The Hall–Kier alpha value is -0.120. The predicted octanol–water partition coefficient (Wildman–Crippen LogP) is 1.65. The Balaban J connectivity index is 1.48. The lowest BCUT2D eigenvalue weighted by atomic mass is 9.82.